The van der Waals surface area contributed by atoms with Gasteiger partial charge < -0.3 is 29.8 Å². The predicted octanol–water partition coefficient (Wildman–Crippen LogP) is 3.42. The molecule has 2 unspecified atom stereocenters. The lowest BCUT2D eigenvalue weighted by Crippen LogP contribution is -2.63. The first-order chi connectivity index (χ1) is 16.2. The first-order valence-electron chi connectivity index (χ1n) is 11.2. The van der Waals surface area contributed by atoms with Gasteiger partial charge in [-0.25, -0.2) is 0 Å². The molecule has 0 radical (unpaired) electrons. The Morgan fingerprint density at radius 1 is 0.697 bits per heavy atom. The molecule has 3 aromatic rings. The van der Waals surface area contributed by atoms with E-state index < -0.39 is 30.6 Å². The van der Waals surface area contributed by atoms with Crippen molar-refractivity contribution < 1.29 is 24.1 Å². The molecule has 0 aliphatic carbocycles. The van der Waals surface area contributed by atoms with Crippen LogP contribution in [0.5, 0.6) is 0 Å². The summed E-state index contributed by atoms with van der Waals surface area (Å²) in [5.41, 5.74) is 9.51. The van der Waals surface area contributed by atoms with Crippen molar-refractivity contribution in [1.82, 2.24) is 0 Å². The fourth-order valence-electron chi connectivity index (χ4n) is 3.82. The number of hydrogen-bond donors (Lipinski definition) is 2. The minimum absolute atomic E-state index is 0.194. The van der Waals surface area contributed by atoms with Crippen LogP contribution in [0, 0.1) is 0 Å². The van der Waals surface area contributed by atoms with Crippen molar-refractivity contribution in [1.29, 1.82) is 0 Å². The summed E-state index contributed by atoms with van der Waals surface area (Å²) in [4.78, 5) is 0. The fourth-order valence-corrected chi connectivity index (χ4v) is 3.82. The van der Waals surface area contributed by atoms with Crippen LogP contribution < -0.4 is 5.73 Å². The molecule has 1 saturated heterocycles. The maximum atomic E-state index is 11.0. The van der Waals surface area contributed by atoms with Crippen molar-refractivity contribution in [2.45, 2.75) is 50.5 Å². The van der Waals surface area contributed by atoms with Gasteiger partial charge in [0.25, 0.3) is 0 Å². The van der Waals surface area contributed by atoms with Crippen LogP contribution in [0.25, 0.3) is 0 Å². The highest BCUT2D eigenvalue weighted by Gasteiger charge is 2.45. The summed E-state index contributed by atoms with van der Waals surface area (Å²) in [5, 5.41) is 11.0. The van der Waals surface area contributed by atoms with Crippen LogP contribution in [0.2, 0.25) is 0 Å². The Bertz CT molecular complexity index is 941. The van der Waals surface area contributed by atoms with Gasteiger partial charge in [0.05, 0.1) is 32.5 Å². The van der Waals surface area contributed by atoms with Gasteiger partial charge in [0.15, 0.2) is 6.29 Å². The van der Waals surface area contributed by atoms with E-state index in [1.165, 1.54) is 0 Å². The lowest BCUT2D eigenvalue weighted by atomic mass is 9.97. The first kappa shape index (κ1) is 23.6. The normalized spacial score (nSPS) is 25.1. The van der Waals surface area contributed by atoms with Gasteiger partial charge in [-0.1, -0.05) is 91.0 Å². The quantitative estimate of drug-likeness (QED) is 0.494. The summed E-state index contributed by atoms with van der Waals surface area (Å²) in [5.74, 6) is 0. The van der Waals surface area contributed by atoms with E-state index in [2.05, 4.69) is 0 Å². The van der Waals surface area contributed by atoms with Gasteiger partial charge in [-0.15, -0.1) is 0 Å². The summed E-state index contributed by atoms with van der Waals surface area (Å²) in [6.45, 7) is 1.29. The van der Waals surface area contributed by atoms with Crippen LogP contribution in [0.3, 0.4) is 0 Å². The first-order valence-corrected chi connectivity index (χ1v) is 11.2. The number of rotatable bonds is 10. The maximum Gasteiger partial charge on any atom is 0.176 e. The Morgan fingerprint density at radius 3 is 1.73 bits per heavy atom. The molecule has 0 bridgehead atoms. The monoisotopic (exact) mass is 449 g/mol. The molecule has 1 fully saturated rings. The van der Waals surface area contributed by atoms with E-state index in [1.807, 2.05) is 91.0 Å². The molecule has 0 amide bonds. The molecule has 0 saturated carbocycles. The summed E-state index contributed by atoms with van der Waals surface area (Å²) < 4.78 is 24.0. The predicted molar refractivity (Wildman–Crippen MR) is 125 cm³/mol. The number of aliphatic hydroxyl groups is 1. The van der Waals surface area contributed by atoms with Crippen LogP contribution in [0.15, 0.2) is 91.0 Å². The highest BCUT2D eigenvalue weighted by atomic mass is 16.7. The minimum Gasteiger partial charge on any atom is -0.388 e. The van der Waals surface area contributed by atoms with Crippen molar-refractivity contribution in [3.8, 4) is 0 Å². The second-order valence-electron chi connectivity index (χ2n) is 8.17. The zero-order valence-electron chi connectivity index (χ0n) is 18.5. The Labute approximate surface area is 194 Å². The van der Waals surface area contributed by atoms with E-state index in [-0.39, 0.29) is 6.61 Å². The van der Waals surface area contributed by atoms with E-state index in [4.69, 9.17) is 24.7 Å². The molecule has 6 heteroatoms. The third-order valence-electron chi connectivity index (χ3n) is 5.66. The third-order valence-corrected chi connectivity index (χ3v) is 5.66. The molecule has 0 spiro atoms. The molecule has 1 heterocycles. The molecule has 3 aromatic carbocycles. The van der Waals surface area contributed by atoms with Crippen LogP contribution in [0.1, 0.15) is 16.7 Å². The molecule has 174 valence electrons. The average Bonchev–Trinajstić information content (AvgIpc) is 2.86. The lowest BCUT2D eigenvalue weighted by Gasteiger charge is -2.43. The summed E-state index contributed by atoms with van der Waals surface area (Å²) >= 11 is 0. The number of hydrogen-bond acceptors (Lipinski definition) is 6. The van der Waals surface area contributed by atoms with E-state index >= 15 is 0 Å². The van der Waals surface area contributed by atoms with Gasteiger partial charge in [0, 0.05) is 0 Å². The van der Waals surface area contributed by atoms with Crippen LogP contribution in [-0.4, -0.2) is 42.4 Å². The van der Waals surface area contributed by atoms with Crippen molar-refractivity contribution in [2.75, 3.05) is 6.61 Å². The maximum absolute atomic E-state index is 11.0. The number of nitrogens with two attached hydrogens (primary N) is 1. The second kappa shape index (κ2) is 12.0. The number of ether oxygens (including phenoxy) is 4. The molecular weight excluding hydrogens is 418 g/mol. The Hall–Kier alpha value is -2.58. The van der Waals surface area contributed by atoms with Gasteiger partial charge in [0.1, 0.15) is 18.3 Å². The zero-order valence-corrected chi connectivity index (χ0v) is 18.5. The molecule has 4 rings (SSSR count). The van der Waals surface area contributed by atoms with Crippen LogP contribution in [0.4, 0.5) is 0 Å². The summed E-state index contributed by atoms with van der Waals surface area (Å²) in [6.07, 6.45) is -2.98. The van der Waals surface area contributed by atoms with Crippen molar-refractivity contribution >= 4 is 0 Å². The SMILES string of the molecule is NC1[C@H](OCc2ccccc2)OC(COCc2ccccc2)[C@H](O)[C@@H]1OCc1ccccc1. The van der Waals surface area contributed by atoms with Crippen LogP contribution in [-0.2, 0) is 38.8 Å². The smallest absolute Gasteiger partial charge is 0.176 e. The summed E-state index contributed by atoms with van der Waals surface area (Å²) in [7, 11) is 0. The van der Waals surface area contributed by atoms with E-state index in [0.29, 0.717) is 19.8 Å². The van der Waals surface area contributed by atoms with Crippen molar-refractivity contribution in [3.05, 3.63) is 108 Å². The lowest BCUT2D eigenvalue weighted by molar-refractivity contribution is -0.280. The molecule has 0 aromatic heterocycles. The zero-order chi connectivity index (χ0) is 22.9. The minimum atomic E-state index is -0.948. The van der Waals surface area contributed by atoms with E-state index in [1.54, 1.807) is 0 Å². The average molecular weight is 450 g/mol. The molecule has 5 atom stereocenters. The highest BCUT2D eigenvalue weighted by molar-refractivity contribution is 5.15. The molecule has 3 N–H and O–H groups in total. The molecule has 6 nitrogen and oxygen atoms in total. The van der Waals surface area contributed by atoms with Gasteiger partial charge in [-0.2, -0.15) is 0 Å². The Morgan fingerprint density at radius 2 is 1.18 bits per heavy atom. The molecule has 1 aliphatic rings. The standard InChI is InChI=1S/C27H31NO5/c28-24-26(31-17-21-12-6-2-7-13-21)25(29)23(19-30-16-20-10-4-1-5-11-20)33-27(24)32-18-22-14-8-3-9-15-22/h1-15,23-27,29H,16-19,28H2/t23?,24?,25-,26+,27+/m0/s1. The van der Waals surface area contributed by atoms with Gasteiger partial charge in [0.2, 0.25) is 0 Å². The highest BCUT2D eigenvalue weighted by Crippen LogP contribution is 2.25. The van der Waals surface area contributed by atoms with Gasteiger partial charge >= 0.3 is 0 Å². The largest absolute Gasteiger partial charge is 0.388 e. The van der Waals surface area contributed by atoms with Gasteiger partial charge in [-0.05, 0) is 16.7 Å². The van der Waals surface area contributed by atoms with Crippen molar-refractivity contribution in [2.24, 2.45) is 5.73 Å². The van der Waals surface area contributed by atoms with E-state index in [9.17, 15) is 5.11 Å². The second-order valence-corrected chi connectivity index (χ2v) is 8.17. The number of aliphatic hydroxyl groups excluding tert-OH is 1. The third kappa shape index (κ3) is 6.71. The Kier molecular flexibility index (Phi) is 8.60. The van der Waals surface area contributed by atoms with Crippen LogP contribution >= 0.6 is 0 Å². The molecular formula is C27H31NO5. The summed E-state index contributed by atoms with van der Waals surface area (Å²) in [6, 6.07) is 28.8. The van der Waals surface area contributed by atoms with Gasteiger partial charge in [-0.3, -0.25) is 0 Å². The van der Waals surface area contributed by atoms with Crippen molar-refractivity contribution in [3.63, 3.8) is 0 Å². The number of benzene rings is 3. The Balaban J connectivity index is 1.41. The topological polar surface area (TPSA) is 83.2 Å². The van der Waals surface area contributed by atoms with E-state index in [0.717, 1.165) is 16.7 Å². The fraction of sp³-hybridized carbons (Fsp3) is 0.333. The molecule has 1 aliphatic heterocycles. The molecule has 33 heavy (non-hydrogen) atoms.